The predicted molar refractivity (Wildman–Crippen MR) is 119 cm³/mol. The molecule has 0 fully saturated rings. The number of guanidine groups is 1. The molecule has 0 aliphatic carbocycles. The minimum atomic E-state index is 0.188. The number of aliphatic imine (C=N–C) groups is 1. The molecule has 2 aromatic carbocycles. The van der Waals surface area contributed by atoms with Crippen molar-refractivity contribution in [3.05, 3.63) is 71.5 Å². The number of hydrogen-bond acceptors (Lipinski definition) is 3. The number of benzene rings is 2. The number of aromatic amines is 1. The van der Waals surface area contributed by atoms with E-state index in [-0.39, 0.29) is 5.41 Å². The van der Waals surface area contributed by atoms with Gasteiger partial charge in [0.05, 0.1) is 0 Å². The van der Waals surface area contributed by atoms with Crippen LogP contribution in [0.5, 0.6) is 0 Å². The molecule has 0 aliphatic heterocycles. The fraction of sp³-hybridized carbons (Fsp3) is 0.348. The molecule has 6 nitrogen and oxygen atoms in total. The van der Waals surface area contributed by atoms with Crippen LogP contribution in [0.4, 0.5) is 0 Å². The molecule has 0 aliphatic rings. The van der Waals surface area contributed by atoms with Crippen molar-refractivity contribution in [1.29, 1.82) is 0 Å². The van der Waals surface area contributed by atoms with Crippen LogP contribution in [0.25, 0.3) is 11.4 Å². The summed E-state index contributed by atoms with van der Waals surface area (Å²) in [6.45, 7) is 8.22. The van der Waals surface area contributed by atoms with Crippen LogP contribution < -0.4 is 10.6 Å². The van der Waals surface area contributed by atoms with Crippen molar-refractivity contribution in [2.45, 2.75) is 39.2 Å². The molecular weight excluding hydrogens is 360 g/mol. The van der Waals surface area contributed by atoms with Crippen LogP contribution in [-0.4, -0.2) is 34.7 Å². The van der Waals surface area contributed by atoms with Crippen molar-refractivity contribution in [2.75, 3.05) is 13.6 Å². The normalized spacial score (nSPS) is 12.1. The standard InChI is InChI=1S/C23H30N6/c1-23(2,3)20-10-8-17(9-11-20)12-13-25-22(24-4)26-15-18-6-5-7-19(14-18)21-27-16-28-29-21/h5-11,14,16H,12-13,15H2,1-4H3,(H2,24,25,26)(H,27,28,29). The molecule has 29 heavy (non-hydrogen) atoms. The number of H-pyrrole nitrogens is 1. The zero-order chi connectivity index (χ0) is 20.7. The third kappa shape index (κ3) is 5.91. The number of rotatable bonds is 6. The van der Waals surface area contributed by atoms with E-state index in [2.05, 4.69) is 88.0 Å². The second-order valence-corrected chi connectivity index (χ2v) is 8.08. The Labute approximate surface area is 172 Å². The Balaban J connectivity index is 1.48. The number of nitrogens with one attached hydrogen (secondary N) is 3. The largest absolute Gasteiger partial charge is 0.356 e. The molecule has 3 rings (SSSR count). The molecular formula is C23H30N6. The summed E-state index contributed by atoms with van der Waals surface area (Å²) in [5, 5.41) is 13.6. The van der Waals surface area contributed by atoms with Gasteiger partial charge >= 0.3 is 0 Å². The van der Waals surface area contributed by atoms with Crippen molar-refractivity contribution in [1.82, 2.24) is 25.8 Å². The first-order valence-electron chi connectivity index (χ1n) is 9.94. The maximum atomic E-state index is 4.32. The van der Waals surface area contributed by atoms with Crippen molar-refractivity contribution in [2.24, 2.45) is 4.99 Å². The molecule has 0 amide bonds. The van der Waals surface area contributed by atoms with Gasteiger partial charge in [-0.25, -0.2) is 4.98 Å². The molecule has 152 valence electrons. The lowest BCUT2D eigenvalue weighted by molar-refractivity contribution is 0.590. The number of nitrogens with zero attached hydrogens (tertiary/aromatic N) is 3. The zero-order valence-electron chi connectivity index (χ0n) is 17.7. The molecule has 1 heterocycles. The minimum absolute atomic E-state index is 0.188. The lowest BCUT2D eigenvalue weighted by Crippen LogP contribution is -2.37. The molecule has 6 heteroatoms. The van der Waals surface area contributed by atoms with Crippen molar-refractivity contribution in [3.63, 3.8) is 0 Å². The van der Waals surface area contributed by atoms with E-state index in [0.717, 1.165) is 35.9 Å². The average Bonchev–Trinajstić information content (AvgIpc) is 3.25. The van der Waals surface area contributed by atoms with Crippen LogP contribution in [0, 0.1) is 0 Å². The van der Waals surface area contributed by atoms with Crippen molar-refractivity contribution < 1.29 is 0 Å². The highest BCUT2D eigenvalue weighted by Crippen LogP contribution is 2.22. The van der Waals surface area contributed by atoms with E-state index in [1.54, 1.807) is 7.05 Å². The smallest absolute Gasteiger partial charge is 0.191 e. The first kappa shape index (κ1) is 20.6. The van der Waals surface area contributed by atoms with E-state index in [1.807, 2.05) is 12.1 Å². The van der Waals surface area contributed by atoms with Gasteiger partial charge in [0.25, 0.3) is 0 Å². The maximum Gasteiger partial charge on any atom is 0.191 e. The molecule has 3 aromatic rings. The SMILES string of the molecule is CN=C(NCCc1ccc(C(C)(C)C)cc1)NCc1cccc(-c2ncn[nH]2)c1. The van der Waals surface area contributed by atoms with Crippen LogP contribution in [0.15, 0.2) is 59.9 Å². The Bertz CT molecular complexity index is 921. The first-order chi connectivity index (χ1) is 14.0. The van der Waals surface area contributed by atoms with E-state index in [0.29, 0.717) is 6.54 Å². The first-order valence-corrected chi connectivity index (χ1v) is 9.94. The molecule has 0 bridgehead atoms. The molecule has 0 radical (unpaired) electrons. The van der Waals surface area contributed by atoms with Crippen molar-refractivity contribution >= 4 is 5.96 Å². The second-order valence-electron chi connectivity index (χ2n) is 8.08. The molecule has 0 saturated heterocycles. The Morgan fingerprint density at radius 1 is 1.03 bits per heavy atom. The van der Waals surface area contributed by atoms with Crippen LogP contribution in [0.3, 0.4) is 0 Å². The molecule has 0 unspecified atom stereocenters. The van der Waals surface area contributed by atoms with Crippen LogP contribution >= 0.6 is 0 Å². The molecule has 3 N–H and O–H groups in total. The van der Waals surface area contributed by atoms with Gasteiger partial charge in [0.2, 0.25) is 0 Å². The summed E-state index contributed by atoms with van der Waals surface area (Å²) in [7, 11) is 1.79. The van der Waals surface area contributed by atoms with E-state index >= 15 is 0 Å². The van der Waals surface area contributed by atoms with E-state index in [1.165, 1.54) is 17.5 Å². The van der Waals surface area contributed by atoms with Gasteiger partial charge in [-0.3, -0.25) is 10.1 Å². The zero-order valence-corrected chi connectivity index (χ0v) is 17.7. The Morgan fingerprint density at radius 2 is 1.83 bits per heavy atom. The van der Waals surface area contributed by atoms with Gasteiger partial charge in [-0.15, -0.1) is 0 Å². The van der Waals surface area contributed by atoms with Crippen molar-refractivity contribution in [3.8, 4) is 11.4 Å². The van der Waals surface area contributed by atoms with E-state index < -0.39 is 0 Å². The summed E-state index contributed by atoms with van der Waals surface area (Å²) < 4.78 is 0. The van der Waals surface area contributed by atoms with Crippen LogP contribution in [0.2, 0.25) is 0 Å². The third-order valence-corrected chi connectivity index (χ3v) is 4.83. The number of aromatic nitrogens is 3. The summed E-state index contributed by atoms with van der Waals surface area (Å²) in [4.78, 5) is 8.52. The van der Waals surface area contributed by atoms with E-state index in [9.17, 15) is 0 Å². The highest BCUT2D eigenvalue weighted by atomic mass is 15.2. The number of hydrogen-bond donors (Lipinski definition) is 3. The molecule has 0 spiro atoms. The highest BCUT2D eigenvalue weighted by molar-refractivity contribution is 5.79. The predicted octanol–water partition coefficient (Wildman–Crippen LogP) is 3.68. The van der Waals surface area contributed by atoms with Gasteiger partial charge in [-0.2, -0.15) is 5.10 Å². The molecule has 0 atom stereocenters. The Hall–Kier alpha value is -3.15. The lowest BCUT2D eigenvalue weighted by Gasteiger charge is -2.19. The summed E-state index contributed by atoms with van der Waals surface area (Å²) >= 11 is 0. The van der Waals surface area contributed by atoms with E-state index in [4.69, 9.17) is 0 Å². The topological polar surface area (TPSA) is 78.0 Å². The third-order valence-electron chi connectivity index (χ3n) is 4.83. The maximum absolute atomic E-state index is 4.32. The average molecular weight is 391 g/mol. The highest BCUT2D eigenvalue weighted by Gasteiger charge is 2.12. The lowest BCUT2D eigenvalue weighted by atomic mass is 9.86. The summed E-state index contributed by atoms with van der Waals surface area (Å²) in [6, 6.07) is 17.1. The molecule has 0 saturated carbocycles. The Kier molecular flexibility index (Phi) is 6.65. The quantitative estimate of drug-likeness (QED) is 0.443. The summed E-state index contributed by atoms with van der Waals surface area (Å²) in [5.41, 5.74) is 5.04. The van der Waals surface area contributed by atoms with Gasteiger partial charge in [0.15, 0.2) is 11.8 Å². The van der Waals surface area contributed by atoms with Crippen LogP contribution in [-0.2, 0) is 18.4 Å². The van der Waals surface area contributed by atoms with Gasteiger partial charge in [-0.1, -0.05) is 63.2 Å². The van der Waals surface area contributed by atoms with Gasteiger partial charge < -0.3 is 10.6 Å². The Morgan fingerprint density at radius 3 is 2.48 bits per heavy atom. The summed E-state index contributed by atoms with van der Waals surface area (Å²) in [6.07, 6.45) is 2.47. The summed E-state index contributed by atoms with van der Waals surface area (Å²) in [5.74, 6) is 1.56. The fourth-order valence-corrected chi connectivity index (χ4v) is 3.08. The fourth-order valence-electron chi connectivity index (χ4n) is 3.08. The second kappa shape index (κ2) is 9.37. The monoisotopic (exact) mass is 390 g/mol. The minimum Gasteiger partial charge on any atom is -0.356 e. The molecule has 1 aromatic heterocycles. The van der Waals surface area contributed by atoms with Gasteiger partial charge in [0, 0.05) is 25.7 Å². The van der Waals surface area contributed by atoms with Gasteiger partial charge in [0.1, 0.15) is 6.33 Å². The van der Waals surface area contributed by atoms with Gasteiger partial charge in [-0.05, 0) is 34.6 Å². The van der Waals surface area contributed by atoms with Crippen LogP contribution in [0.1, 0.15) is 37.5 Å².